The normalized spacial score (nSPS) is 13.3. The number of urea groups is 1. The Labute approximate surface area is 135 Å². The molecule has 3 N–H and O–H groups in total. The summed E-state index contributed by atoms with van der Waals surface area (Å²) < 4.78 is 1.67. The highest BCUT2D eigenvalue weighted by atomic mass is 16.3. The molecule has 2 rings (SSSR count). The molecule has 2 amide bonds. The molecule has 0 saturated carbocycles. The Morgan fingerprint density at radius 3 is 2.65 bits per heavy atom. The molecule has 1 aromatic carbocycles. The summed E-state index contributed by atoms with van der Waals surface area (Å²) >= 11 is 0. The van der Waals surface area contributed by atoms with Crippen LogP contribution in [0.2, 0.25) is 0 Å². The molecule has 0 fully saturated rings. The number of carbonyl (C=O) groups is 1. The highest BCUT2D eigenvalue weighted by Gasteiger charge is 2.23. The Morgan fingerprint density at radius 2 is 2.09 bits per heavy atom. The van der Waals surface area contributed by atoms with Crippen molar-refractivity contribution >= 4 is 6.03 Å². The van der Waals surface area contributed by atoms with Crippen molar-refractivity contribution < 1.29 is 9.90 Å². The summed E-state index contributed by atoms with van der Waals surface area (Å²) in [5.41, 5.74) is 1.51. The second-order valence-electron chi connectivity index (χ2n) is 5.70. The van der Waals surface area contributed by atoms with Crippen LogP contribution in [0.1, 0.15) is 32.3 Å². The average Bonchev–Trinajstić information content (AvgIpc) is 3.08. The van der Waals surface area contributed by atoms with Crippen LogP contribution in [0.3, 0.4) is 0 Å². The number of hydrogen-bond acceptors (Lipinski definition) is 4. The van der Waals surface area contributed by atoms with E-state index in [1.54, 1.807) is 11.0 Å². The topological polar surface area (TPSA) is 92.1 Å². The first kappa shape index (κ1) is 17.0. The number of aliphatic hydroxyl groups excluding tert-OH is 1. The summed E-state index contributed by atoms with van der Waals surface area (Å²) in [6, 6.07) is 7.48. The minimum Gasteiger partial charge on any atom is -0.396 e. The fraction of sp³-hybridized carbons (Fsp3) is 0.438. The van der Waals surface area contributed by atoms with E-state index in [-0.39, 0.29) is 12.6 Å². The zero-order chi connectivity index (χ0) is 16.7. The molecule has 1 atom stereocenters. The van der Waals surface area contributed by atoms with Crippen LogP contribution in [-0.4, -0.2) is 38.0 Å². The van der Waals surface area contributed by atoms with Crippen molar-refractivity contribution in [2.75, 3.05) is 6.61 Å². The van der Waals surface area contributed by atoms with Crippen LogP contribution >= 0.6 is 0 Å². The van der Waals surface area contributed by atoms with Gasteiger partial charge in [0.2, 0.25) is 0 Å². The molecule has 1 unspecified atom stereocenters. The Bertz CT molecular complexity index is 612. The van der Waals surface area contributed by atoms with Crippen LogP contribution in [0.15, 0.2) is 36.9 Å². The molecule has 124 valence electrons. The third-order valence-electron chi connectivity index (χ3n) is 3.93. The molecule has 0 spiro atoms. The standard InChI is InChI=1S/C16H23N5O2/c1-3-16(2,8-9-22)20-15(23)18-10-13-4-6-14(7-5-13)21-12-17-11-19-21/h4-7,11-12,22H,3,8-10H2,1-2H3,(H2,18,20,23). The first-order chi connectivity index (χ1) is 11.1. The van der Waals surface area contributed by atoms with Crippen LogP contribution < -0.4 is 10.6 Å². The lowest BCUT2D eigenvalue weighted by atomic mass is 9.95. The highest BCUT2D eigenvalue weighted by Crippen LogP contribution is 2.13. The maximum atomic E-state index is 12.0. The number of rotatable bonds is 7. The Kier molecular flexibility index (Phi) is 5.70. The summed E-state index contributed by atoms with van der Waals surface area (Å²) in [5, 5.41) is 18.9. The number of nitrogens with zero attached hydrogens (tertiary/aromatic N) is 3. The third-order valence-corrected chi connectivity index (χ3v) is 3.93. The van der Waals surface area contributed by atoms with Gasteiger partial charge in [-0.25, -0.2) is 14.5 Å². The van der Waals surface area contributed by atoms with Crippen LogP contribution in [0, 0.1) is 0 Å². The first-order valence-electron chi connectivity index (χ1n) is 7.67. The van der Waals surface area contributed by atoms with Crippen LogP contribution in [0.25, 0.3) is 5.69 Å². The predicted octanol–water partition coefficient (Wildman–Crippen LogP) is 1.62. The molecule has 0 radical (unpaired) electrons. The van der Waals surface area contributed by atoms with Gasteiger partial charge in [0.05, 0.1) is 5.69 Å². The van der Waals surface area contributed by atoms with Gasteiger partial charge >= 0.3 is 6.03 Å². The van der Waals surface area contributed by atoms with Gasteiger partial charge in [-0.3, -0.25) is 0 Å². The summed E-state index contributed by atoms with van der Waals surface area (Å²) in [5.74, 6) is 0. The smallest absolute Gasteiger partial charge is 0.315 e. The van der Waals surface area contributed by atoms with Gasteiger partial charge in [0.25, 0.3) is 0 Å². The van der Waals surface area contributed by atoms with Crippen LogP contribution in [-0.2, 0) is 6.54 Å². The lowest BCUT2D eigenvalue weighted by Crippen LogP contribution is -2.50. The molecule has 0 bridgehead atoms. The molecule has 0 aliphatic carbocycles. The van der Waals surface area contributed by atoms with E-state index < -0.39 is 5.54 Å². The van der Waals surface area contributed by atoms with E-state index in [4.69, 9.17) is 5.11 Å². The summed E-state index contributed by atoms with van der Waals surface area (Å²) in [6.07, 6.45) is 4.40. The van der Waals surface area contributed by atoms with Gasteiger partial charge in [0, 0.05) is 18.7 Å². The number of carbonyl (C=O) groups excluding carboxylic acids is 1. The quantitative estimate of drug-likeness (QED) is 0.723. The van der Waals surface area contributed by atoms with Crippen molar-refractivity contribution in [1.82, 2.24) is 25.4 Å². The Hall–Kier alpha value is -2.41. The minimum atomic E-state index is -0.393. The zero-order valence-corrected chi connectivity index (χ0v) is 13.5. The summed E-state index contributed by atoms with van der Waals surface area (Å²) in [4.78, 5) is 15.9. The lowest BCUT2D eigenvalue weighted by molar-refractivity contribution is 0.200. The zero-order valence-electron chi connectivity index (χ0n) is 13.5. The van der Waals surface area contributed by atoms with E-state index in [0.29, 0.717) is 13.0 Å². The Balaban J connectivity index is 1.87. The van der Waals surface area contributed by atoms with Gasteiger partial charge in [-0.15, -0.1) is 0 Å². The maximum Gasteiger partial charge on any atom is 0.315 e. The van der Waals surface area contributed by atoms with Crippen molar-refractivity contribution in [2.24, 2.45) is 0 Å². The maximum absolute atomic E-state index is 12.0. The second kappa shape index (κ2) is 7.73. The number of aliphatic hydroxyl groups is 1. The van der Waals surface area contributed by atoms with Crippen LogP contribution in [0.4, 0.5) is 4.79 Å². The minimum absolute atomic E-state index is 0.0500. The molecular formula is C16H23N5O2. The van der Waals surface area contributed by atoms with E-state index in [0.717, 1.165) is 17.7 Å². The van der Waals surface area contributed by atoms with Crippen molar-refractivity contribution in [1.29, 1.82) is 0 Å². The van der Waals surface area contributed by atoms with Crippen molar-refractivity contribution in [3.63, 3.8) is 0 Å². The van der Waals surface area contributed by atoms with E-state index in [9.17, 15) is 4.79 Å². The molecule has 7 heteroatoms. The monoisotopic (exact) mass is 317 g/mol. The van der Waals surface area contributed by atoms with Crippen molar-refractivity contribution in [3.05, 3.63) is 42.5 Å². The molecule has 1 aromatic heterocycles. The number of hydrogen-bond donors (Lipinski definition) is 3. The summed E-state index contributed by atoms with van der Waals surface area (Å²) in [7, 11) is 0. The van der Waals surface area contributed by atoms with E-state index in [1.807, 2.05) is 38.1 Å². The van der Waals surface area contributed by atoms with E-state index in [2.05, 4.69) is 20.7 Å². The number of benzene rings is 1. The average molecular weight is 317 g/mol. The molecule has 7 nitrogen and oxygen atoms in total. The number of amides is 2. The van der Waals surface area contributed by atoms with Gasteiger partial charge in [-0.2, -0.15) is 5.10 Å². The predicted molar refractivity (Wildman–Crippen MR) is 87.1 cm³/mol. The van der Waals surface area contributed by atoms with Crippen molar-refractivity contribution in [2.45, 2.75) is 38.8 Å². The summed E-state index contributed by atoms with van der Waals surface area (Å²) in [6.45, 7) is 4.39. The highest BCUT2D eigenvalue weighted by molar-refractivity contribution is 5.74. The lowest BCUT2D eigenvalue weighted by Gasteiger charge is -2.29. The van der Waals surface area contributed by atoms with Gasteiger partial charge < -0.3 is 15.7 Å². The fourth-order valence-corrected chi connectivity index (χ4v) is 2.18. The fourth-order valence-electron chi connectivity index (χ4n) is 2.18. The molecule has 23 heavy (non-hydrogen) atoms. The second-order valence-corrected chi connectivity index (χ2v) is 5.70. The van der Waals surface area contributed by atoms with E-state index >= 15 is 0 Å². The number of nitrogens with one attached hydrogen (secondary N) is 2. The van der Waals surface area contributed by atoms with E-state index in [1.165, 1.54) is 6.33 Å². The first-order valence-corrected chi connectivity index (χ1v) is 7.67. The van der Waals surface area contributed by atoms with Gasteiger partial charge in [-0.1, -0.05) is 19.1 Å². The molecule has 0 saturated heterocycles. The molecular weight excluding hydrogens is 294 g/mol. The van der Waals surface area contributed by atoms with Gasteiger partial charge in [0.15, 0.2) is 0 Å². The molecule has 0 aliphatic rings. The van der Waals surface area contributed by atoms with Crippen LogP contribution in [0.5, 0.6) is 0 Å². The third kappa shape index (κ3) is 4.79. The van der Waals surface area contributed by atoms with Gasteiger partial charge in [0.1, 0.15) is 12.7 Å². The largest absolute Gasteiger partial charge is 0.396 e. The Morgan fingerprint density at radius 1 is 1.35 bits per heavy atom. The number of aromatic nitrogens is 3. The SMILES string of the molecule is CCC(C)(CCO)NC(=O)NCc1ccc(-n2cncn2)cc1. The molecule has 0 aliphatic heterocycles. The molecule has 2 aromatic rings. The van der Waals surface area contributed by atoms with Gasteiger partial charge in [-0.05, 0) is 37.5 Å². The van der Waals surface area contributed by atoms with Crippen molar-refractivity contribution in [3.8, 4) is 5.69 Å². The molecule has 1 heterocycles.